The van der Waals surface area contributed by atoms with Crippen LogP contribution in [0.5, 0.6) is 0 Å². The average molecular weight is 169 g/mol. The van der Waals surface area contributed by atoms with Crippen LogP contribution in [0, 0.1) is 11.8 Å². The third-order valence-corrected chi connectivity index (χ3v) is 3.10. The van der Waals surface area contributed by atoms with Crippen molar-refractivity contribution in [3.63, 3.8) is 0 Å². The van der Waals surface area contributed by atoms with Crippen molar-refractivity contribution in [2.45, 2.75) is 32.2 Å². The zero-order valence-corrected chi connectivity index (χ0v) is 7.88. The topological polar surface area (TPSA) is 21.3 Å². The average Bonchev–Trinajstić information content (AvgIpc) is 2.74. The first-order valence-electron chi connectivity index (χ1n) is 5.17. The van der Waals surface area contributed by atoms with E-state index in [-0.39, 0.29) is 0 Å². The Morgan fingerprint density at radius 3 is 2.83 bits per heavy atom. The minimum atomic E-state index is 0.660. The van der Waals surface area contributed by atoms with E-state index in [0.29, 0.717) is 6.04 Å². The normalized spacial score (nSPS) is 32.2. The molecule has 1 aliphatic carbocycles. The Morgan fingerprint density at radius 1 is 1.42 bits per heavy atom. The predicted molar refractivity (Wildman–Crippen MR) is 49.1 cm³/mol. The Bertz CT molecular complexity index is 139. The van der Waals surface area contributed by atoms with E-state index in [9.17, 15) is 0 Å². The van der Waals surface area contributed by atoms with Crippen molar-refractivity contribution < 1.29 is 4.74 Å². The lowest BCUT2D eigenvalue weighted by Crippen LogP contribution is -2.35. The fourth-order valence-electron chi connectivity index (χ4n) is 1.79. The molecule has 0 spiro atoms. The van der Waals surface area contributed by atoms with Crippen molar-refractivity contribution >= 4 is 0 Å². The first kappa shape index (κ1) is 8.52. The Labute approximate surface area is 74.7 Å². The monoisotopic (exact) mass is 169 g/mol. The summed E-state index contributed by atoms with van der Waals surface area (Å²) in [6.07, 6.45) is 4.14. The molecule has 0 aromatic rings. The highest BCUT2D eigenvalue weighted by molar-refractivity contribution is 4.80. The summed E-state index contributed by atoms with van der Waals surface area (Å²) >= 11 is 0. The van der Waals surface area contributed by atoms with Crippen LogP contribution < -0.4 is 5.32 Å². The van der Waals surface area contributed by atoms with Crippen molar-refractivity contribution in [2.75, 3.05) is 19.8 Å². The summed E-state index contributed by atoms with van der Waals surface area (Å²) in [5.74, 6) is 1.76. The Balaban J connectivity index is 1.64. The number of rotatable bonds is 4. The van der Waals surface area contributed by atoms with Gasteiger partial charge in [0.1, 0.15) is 0 Å². The fraction of sp³-hybridized carbons (Fsp3) is 1.00. The van der Waals surface area contributed by atoms with Gasteiger partial charge in [-0.05, 0) is 44.6 Å². The SMILES string of the molecule is CC(NCC1CC1)C1CCOC1. The number of nitrogens with one attached hydrogen (secondary N) is 1. The Kier molecular flexibility index (Phi) is 2.66. The number of hydrogen-bond acceptors (Lipinski definition) is 2. The molecule has 0 amide bonds. The number of hydrogen-bond donors (Lipinski definition) is 1. The molecule has 2 fully saturated rings. The molecule has 0 aromatic heterocycles. The molecule has 1 saturated carbocycles. The van der Waals surface area contributed by atoms with Gasteiger partial charge in [0.05, 0.1) is 6.61 Å². The van der Waals surface area contributed by atoms with E-state index >= 15 is 0 Å². The van der Waals surface area contributed by atoms with Gasteiger partial charge in [0, 0.05) is 12.6 Å². The van der Waals surface area contributed by atoms with Crippen LogP contribution in [-0.4, -0.2) is 25.8 Å². The maximum absolute atomic E-state index is 5.36. The smallest absolute Gasteiger partial charge is 0.0509 e. The van der Waals surface area contributed by atoms with Crippen LogP contribution in [0.4, 0.5) is 0 Å². The molecule has 1 aliphatic heterocycles. The van der Waals surface area contributed by atoms with Gasteiger partial charge in [0.15, 0.2) is 0 Å². The van der Waals surface area contributed by atoms with Gasteiger partial charge >= 0.3 is 0 Å². The molecule has 0 radical (unpaired) electrons. The van der Waals surface area contributed by atoms with E-state index in [1.807, 2.05) is 0 Å². The Hall–Kier alpha value is -0.0800. The van der Waals surface area contributed by atoms with Crippen LogP contribution in [0.3, 0.4) is 0 Å². The van der Waals surface area contributed by atoms with Crippen LogP contribution in [0.25, 0.3) is 0 Å². The van der Waals surface area contributed by atoms with Crippen LogP contribution in [0.1, 0.15) is 26.2 Å². The van der Waals surface area contributed by atoms with E-state index in [2.05, 4.69) is 12.2 Å². The predicted octanol–water partition coefficient (Wildman–Crippen LogP) is 1.41. The summed E-state index contributed by atoms with van der Waals surface area (Å²) in [6, 6.07) is 0.660. The zero-order valence-electron chi connectivity index (χ0n) is 7.88. The molecule has 2 aliphatic rings. The molecule has 1 heterocycles. The maximum atomic E-state index is 5.36. The van der Waals surface area contributed by atoms with Crippen molar-refractivity contribution in [2.24, 2.45) is 11.8 Å². The molecule has 0 bridgehead atoms. The molecule has 1 N–H and O–H groups in total. The maximum Gasteiger partial charge on any atom is 0.0509 e. The van der Waals surface area contributed by atoms with Gasteiger partial charge < -0.3 is 10.1 Å². The third-order valence-electron chi connectivity index (χ3n) is 3.10. The lowest BCUT2D eigenvalue weighted by molar-refractivity contribution is 0.178. The van der Waals surface area contributed by atoms with Crippen molar-refractivity contribution in [1.82, 2.24) is 5.32 Å². The van der Waals surface area contributed by atoms with Crippen LogP contribution in [-0.2, 0) is 4.74 Å². The summed E-state index contributed by atoms with van der Waals surface area (Å²) in [4.78, 5) is 0. The highest BCUT2D eigenvalue weighted by atomic mass is 16.5. The molecular formula is C10H19NO. The van der Waals surface area contributed by atoms with Gasteiger partial charge in [-0.3, -0.25) is 0 Å². The first-order chi connectivity index (χ1) is 5.86. The molecule has 2 heteroatoms. The Morgan fingerprint density at radius 2 is 2.25 bits per heavy atom. The minimum Gasteiger partial charge on any atom is -0.381 e. The standard InChI is InChI=1S/C10H19NO/c1-8(10-4-5-12-7-10)11-6-9-2-3-9/h8-11H,2-7H2,1H3. The highest BCUT2D eigenvalue weighted by Gasteiger charge is 2.25. The zero-order chi connectivity index (χ0) is 8.39. The molecule has 2 unspecified atom stereocenters. The highest BCUT2D eigenvalue weighted by Crippen LogP contribution is 2.28. The van der Waals surface area contributed by atoms with Gasteiger partial charge in [-0.1, -0.05) is 0 Å². The molecule has 12 heavy (non-hydrogen) atoms. The minimum absolute atomic E-state index is 0.660. The summed E-state index contributed by atoms with van der Waals surface area (Å²) in [5, 5.41) is 3.61. The van der Waals surface area contributed by atoms with Gasteiger partial charge in [-0.15, -0.1) is 0 Å². The van der Waals surface area contributed by atoms with Gasteiger partial charge in [-0.2, -0.15) is 0 Å². The summed E-state index contributed by atoms with van der Waals surface area (Å²) in [6.45, 7) is 5.47. The van der Waals surface area contributed by atoms with Gasteiger partial charge in [0.2, 0.25) is 0 Å². The second-order valence-electron chi connectivity index (χ2n) is 4.26. The van der Waals surface area contributed by atoms with E-state index in [0.717, 1.165) is 25.0 Å². The first-order valence-corrected chi connectivity index (χ1v) is 5.17. The summed E-state index contributed by atoms with van der Waals surface area (Å²) in [5.41, 5.74) is 0. The van der Waals surface area contributed by atoms with E-state index < -0.39 is 0 Å². The largest absolute Gasteiger partial charge is 0.381 e. The molecule has 2 nitrogen and oxygen atoms in total. The fourth-order valence-corrected chi connectivity index (χ4v) is 1.79. The molecule has 70 valence electrons. The second-order valence-corrected chi connectivity index (χ2v) is 4.26. The third kappa shape index (κ3) is 2.20. The molecule has 2 rings (SSSR count). The van der Waals surface area contributed by atoms with E-state index in [1.54, 1.807) is 0 Å². The molecule has 2 atom stereocenters. The van der Waals surface area contributed by atoms with Gasteiger partial charge in [-0.25, -0.2) is 0 Å². The lowest BCUT2D eigenvalue weighted by atomic mass is 10.0. The molecule has 1 saturated heterocycles. The molecule has 0 aromatic carbocycles. The van der Waals surface area contributed by atoms with Crippen LogP contribution in [0.2, 0.25) is 0 Å². The van der Waals surface area contributed by atoms with Crippen molar-refractivity contribution in [3.8, 4) is 0 Å². The lowest BCUT2D eigenvalue weighted by Gasteiger charge is -2.18. The van der Waals surface area contributed by atoms with Crippen LogP contribution >= 0.6 is 0 Å². The van der Waals surface area contributed by atoms with Gasteiger partial charge in [0.25, 0.3) is 0 Å². The van der Waals surface area contributed by atoms with E-state index in [1.165, 1.54) is 25.8 Å². The van der Waals surface area contributed by atoms with Crippen molar-refractivity contribution in [3.05, 3.63) is 0 Å². The quantitative estimate of drug-likeness (QED) is 0.687. The number of ether oxygens (including phenoxy) is 1. The second kappa shape index (κ2) is 3.75. The summed E-state index contributed by atoms with van der Waals surface area (Å²) < 4.78 is 5.36. The summed E-state index contributed by atoms with van der Waals surface area (Å²) in [7, 11) is 0. The van der Waals surface area contributed by atoms with Crippen LogP contribution in [0.15, 0.2) is 0 Å². The molecular weight excluding hydrogens is 150 g/mol. The van der Waals surface area contributed by atoms with E-state index in [4.69, 9.17) is 4.74 Å². The van der Waals surface area contributed by atoms with Crippen molar-refractivity contribution in [1.29, 1.82) is 0 Å².